The number of aromatic amines is 1. The fraction of sp³-hybridized carbons (Fsp3) is 0.0714. The standard InChI is InChI=1S/C14H10Cl2N2O2/c15-9-3-1-2-8(12(9)16)13(17)7-4-5-10-11(6-7)20-14(19)18-10/h1-6,13H,17H2,(H,18,19). The van der Waals surface area contributed by atoms with Gasteiger partial charge in [-0.15, -0.1) is 0 Å². The van der Waals surface area contributed by atoms with Crippen molar-refractivity contribution >= 4 is 34.3 Å². The third-order valence-corrected chi connectivity index (χ3v) is 3.95. The van der Waals surface area contributed by atoms with Gasteiger partial charge >= 0.3 is 5.76 Å². The van der Waals surface area contributed by atoms with Crippen LogP contribution in [0.5, 0.6) is 0 Å². The number of hydrogen-bond acceptors (Lipinski definition) is 3. The third-order valence-electron chi connectivity index (χ3n) is 3.12. The maximum atomic E-state index is 11.1. The number of nitrogens with one attached hydrogen (secondary N) is 1. The number of hydrogen-bond donors (Lipinski definition) is 2. The first-order chi connectivity index (χ1) is 9.56. The van der Waals surface area contributed by atoms with Crippen LogP contribution in [0, 0.1) is 0 Å². The van der Waals surface area contributed by atoms with Gasteiger partial charge < -0.3 is 10.2 Å². The molecule has 4 nitrogen and oxygen atoms in total. The summed E-state index contributed by atoms with van der Waals surface area (Å²) in [4.78, 5) is 13.7. The topological polar surface area (TPSA) is 72.0 Å². The number of rotatable bonds is 2. The van der Waals surface area contributed by atoms with E-state index in [4.69, 9.17) is 33.4 Å². The molecule has 1 unspecified atom stereocenters. The Morgan fingerprint density at radius 3 is 2.80 bits per heavy atom. The molecule has 0 aliphatic rings. The summed E-state index contributed by atoms with van der Waals surface area (Å²) in [6, 6.07) is 10.1. The second kappa shape index (κ2) is 4.98. The first kappa shape index (κ1) is 13.2. The molecular formula is C14H10Cl2N2O2. The first-order valence-corrected chi connectivity index (χ1v) is 6.64. The van der Waals surface area contributed by atoms with E-state index < -0.39 is 11.8 Å². The number of benzene rings is 2. The van der Waals surface area contributed by atoms with Crippen molar-refractivity contribution in [2.24, 2.45) is 5.73 Å². The highest BCUT2D eigenvalue weighted by molar-refractivity contribution is 6.42. The number of H-pyrrole nitrogens is 1. The number of aromatic nitrogens is 1. The minimum Gasteiger partial charge on any atom is -0.408 e. The smallest absolute Gasteiger partial charge is 0.408 e. The lowest BCUT2D eigenvalue weighted by atomic mass is 9.99. The summed E-state index contributed by atoms with van der Waals surface area (Å²) in [7, 11) is 0. The molecule has 3 aromatic rings. The molecular weight excluding hydrogens is 299 g/mol. The molecule has 0 amide bonds. The average Bonchev–Trinajstić information content (AvgIpc) is 2.80. The quantitative estimate of drug-likeness (QED) is 0.761. The second-order valence-corrected chi connectivity index (χ2v) is 5.18. The van der Waals surface area contributed by atoms with Crippen molar-refractivity contribution < 1.29 is 4.42 Å². The monoisotopic (exact) mass is 308 g/mol. The van der Waals surface area contributed by atoms with E-state index in [0.717, 1.165) is 11.1 Å². The molecule has 1 heterocycles. The summed E-state index contributed by atoms with van der Waals surface area (Å²) < 4.78 is 5.02. The molecule has 20 heavy (non-hydrogen) atoms. The molecule has 0 aliphatic heterocycles. The van der Waals surface area contributed by atoms with Crippen LogP contribution in [-0.2, 0) is 0 Å². The summed E-state index contributed by atoms with van der Waals surface area (Å²) in [6.07, 6.45) is 0. The van der Waals surface area contributed by atoms with Gasteiger partial charge in [0.15, 0.2) is 5.58 Å². The summed E-state index contributed by atoms with van der Waals surface area (Å²) in [5.74, 6) is -0.494. The van der Waals surface area contributed by atoms with Gasteiger partial charge in [0.1, 0.15) is 0 Å². The summed E-state index contributed by atoms with van der Waals surface area (Å²) >= 11 is 12.2. The van der Waals surface area contributed by atoms with Gasteiger partial charge in [-0.3, -0.25) is 4.98 Å². The number of oxazole rings is 1. The van der Waals surface area contributed by atoms with E-state index in [9.17, 15) is 4.79 Å². The van der Waals surface area contributed by atoms with Crippen LogP contribution < -0.4 is 11.5 Å². The van der Waals surface area contributed by atoms with E-state index in [2.05, 4.69) is 4.98 Å². The lowest BCUT2D eigenvalue weighted by molar-refractivity contribution is 0.555. The average molecular weight is 309 g/mol. The van der Waals surface area contributed by atoms with Crippen molar-refractivity contribution in [1.29, 1.82) is 0 Å². The van der Waals surface area contributed by atoms with Crippen LogP contribution >= 0.6 is 23.2 Å². The Morgan fingerprint density at radius 2 is 2.00 bits per heavy atom. The van der Waals surface area contributed by atoms with Crippen LogP contribution in [0.2, 0.25) is 10.0 Å². The zero-order valence-corrected chi connectivity index (χ0v) is 11.7. The van der Waals surface area contributed by atoms with Crippen LogP contribution in [0.3, 0.4) is 0 Å². The van der Waals surface area contributed by atoms with Crippen molar-refractivity contribution in [1.82, 2.24) is 4.98 Å². The van der Waals surface area contributed by atoms with Gasteiger partial charge in [-0.05, 0) is 29.3 Å². The van der Waals surface area contributed by atoms with Crippen LogP contribution in [0.4, 0.5) is 0 Å². The fourth-order valence-corrected chi connectivity index (χ4v) is 2.52. The van der Waals surface area contributed by atoms with Gasteiger partial charge in [0.25, 0.3) is 0 Å². The first-order valence-electron chi connectivity index (χ1n) is 5.88. The highest BCUT2D eigenvalue weighted by Crippen LogP contribution is 2.32. The van der Waals surface area contributed by atoms with Gasteiger partial charge in [0.05, 0.1) is 21.6 Å². The molecule has 1 atom stereocenters. The molecule has 3 rings (SSSR count). The number of halogens is 2. The van der Waals surface area contributed by atoms with Gasteiger partial charge in [0.2, 0.25) is 0 Å². The molecule has 0 fully saturated rings. The van der Waals surface area contributed by atoms with Crippen LogP contribution in [0.15, 0.2) is 45.6 Å². The van der Waals surface area contributed by atoms with E-state index in [0.29, 0.717) is 21.1 Å². The number of nitrogens with two attached hydrogens (primary N) is 1. The molecule has 0 spiro atoms. The predicted octanol–water partition coefficient (Wildman–Crippen LogP) is 3.48. The predicted molar refractivity (Wildman–Crippen MR) is 79.3 cm³/mol. The van der Waals surface area contributed by atoms with Crippen molar-refractivity contribution in [3.05, 3.63) is 68.1 Å². The van der Waals surface area contributed by atoms with Crippen molar-refractivity contribution in [2.75, 3.05) is 0 Å². The summed E-state index contributed by atoms with van der Waals surface area (Å²) in [5.41, 5.74) is 8.80. The molecule has 0 saturated carbocycles. The van der Waals surface area contributed by atoms with E-state index in [1.54, 1.807) is 24.3 Å². The largest absolute Gasteiger partial charge is 0.417 e. The van der Waals surface area contributed by atoms with Gasteiger partial charge in [-0.25, -0.2) is 4.79 Å². The molecule has 0 bridgehead atoms. The van der Waals surface area contributed by atoms with Gasteiger partial charge in [-0.2, -0.15) is 0 Å². The zero-order chi connectivity index (χ0) is 14.3. The third kappa shape index (κ3) is 2.22. The Kier molecular flexibility index (Phi) is 3.30. The number of fused-ring (bicyclic) bond motifs is 1. The van der Waals surface area contributed by atoms with Crippen molar-refractivity contribution in [3.63, 3.8) is 0 Å². The van der Waals surface area contributed by atoms with Crippen molar-refractivity contribution in [3.8, 4) is 0 Å². The summed E-state index contributed by atoms with van der Waals surface area (Å²) in [6.45, 7) is 0. The Balaban J connectivity index is 2.09. The Labute approximate surface area is 124 Å². The molecule has 0 radical (unpaired) electrons. The van der Waals surface area contributed by atoms with Gasteiger partial charge in [-0.1, -0.05) is 41.4 Å². The zero-order valence-electron chi connectivity index (χ0n) is 10.2. The second-order valence-electron chi connectivity index (χ2n) is 4.39. The Bertz CT molecular complexity index is 839. The maximum Gasteiger partial charge on any atom is 0.417 e. The summed E-state index contributed by atoms with van der Waals surface area (Å²) in [5, 5.41) is 0.881. The Hall–Kier alpha value is -1.75. The molecule has 2 aromatic carbocycles. The molecule has 0 aliphatic carbocycles. The Morgan fingerprint density at radius 1 is 1.20 bits per heavy atom. The van der Waals surface area contributed by atoms with Crippen LogP contribution in [0.1, 0.15) is 17.2 Å². The molecule has 0 saturated heterocycles. The fourth-order valence-electron chi connectivity index (χ4n) is 2.10. The minimum absolute atomic E-state index is 0.428. The lowest BCUT2D eigenvalue weighted by Crippen LogP contribution is -2.12. The molecule has 102 valence electrons. The molecule has 6 heteroatoms. The normalized spacial score (nSPS) is 12.8. The molecule has 1 aromatic heterocycles. The van der Waals surface area contributed by atoms with Crippen LogP contribution in [0.25, 0.3) is 11.1 Å². The van der Waals surface area contributed by atoms with Gasteiger partial charge in [0, 0.05) is 0 Å². The SMILES string of the molecule is NC(c1ccc2[nH]c(=O)oc2c1)c1cccc(Cl)c1Cl. The minimum atomic E-state index is -0.494. The highest BCUT2D eigenvalue weighted by Gasteiger charge is 2.15. The van der Waals surface area contributed by atoms with E-state index >= 15 is 0 Å². The van der Waals surface area contributed by atoms with E-state index in [1.807, 2.05) is 12.1 Å². The van der Waals surface area contributed by atoms with Crippen LogP contribution in [-0.4, -0.2) is 4.98 Å². The van der Waals surface area contributed by atoms with E-state index in [-0.39, 0.29) is 0 Å². The lowest BCUT2D eigenvalue weighted by Gasteiger charge is -2.14. The van der Waals surface area contributed by atoms with Crippen molar-refractivity contribution in [2.45, 2.75) is 6.04 Å². The van der Waals surface area contributed by atoms with E-state index in [1.165, 1.54) is 0 Å². The highest BCUT2D eigenvalue weighted by atomic mass is 35.5. The maximum absolute atomic E-state index is 11.1. The molecule has 3 N–H and O–H groups in total.